The molecule has 0 amide bonds. The second-order valence-corrected chi connectivity index (χ2v) is 28.9. The van der Waals surface area contributed by atoms with Crippen LogP contribution >= 0.6 is 0 Å². The largest absolute Gasteiger partial charge is 0.432 e. The number of hydrogen-bond donors (Lipinski definition) is 0. The van der Waals surface area contributed by atoms with Crippen LogP contribution in [0.5, 0.6) is 23.0 Å². The van der Waals surface area contributed by atoms with E-state index in [1.54, 1.807) is 0 Å². The van der Waals surface area contributed by atoms with Crippen LogP contribution in [0.1, 0.15) is 178 Å². The zero-order valence-corrected chi connectivity index (χ0v) is 65.9. The van der Waals surface area contributed by atoms with Crippen LogP contribution in [-0.2, 0) is 62.3 Å². The van der Waals surface area contributed by atoms with Gasteiger partial charge in [-0.15, -0.1) is 0 Å². The van der Waals surface area contributed by atoms with Crippen molar-refractivity contribution < 1.29 is 167 Å². The maximum absolute atomic E-state index is 14.5. The zero-order chi connectivity index (χ0) is 89.6. The third kappa shape index (κ3) is 24.7. The van der Waals surface area contributed by atoms with Gasteiger partial charge >= 0.3 is 24.4 Å². The molecular weight excluding hydrogens is 1690 g/mol. The fourth-order valence-corrected chi connectivity index (χ4v) is 12.7. The summed E-state index contributed by atoms with van der Waals surface area (Å²) < 4.78 is 412. The summed E-state index contributed by atoms with van der Waals surface area (Å²) in [4.78, 5) is 0. The lowest BCUT2D eigenvalue weighted by molar-refractivity contribution is -0.206. The Morgan fingerprint density at radius 1 is 0.254 bits per heavy atom. The minimum absolute atomic E-state index is 0.0982. The number of benzene rings is 8. The van der Waals surface area contributed by atoms with Crippen LogP contribution in [-0.4, -0.2) is 52.9 Å². The molecule has 4 aliphatic heterocycles. The molecule has 0 spiro atoms. The third-order valence-electron chi connectivity index (χ3n) is 19.5. The van der Waals surface area contributed by atoms with Crippen molar-refractivity contribution in [2.45, 2.75) is 162 Å². The SMILES string of the molecule is CCC1COC(c2cc(F)c(C(F)(F)Oc3cc(F)c(C)c(F)c3)c(F)c2)OC1.CCCC1COC(c2cc(F)c(C(F)(F)Oc3cc(F)c(C)c(F)c3)c(F)c2)OC1.CCCCC1COC(c2cc(F)c(C(F)(F)Oc3cc(F)c(F)c(F)c3)c(F)c2)OC1.CCCCCC1COC(c2cc(F)c(C(F)(F)Oc3cc(F)c(C)c(F)c3)c(F)c2)OC1. The van der Waals surface area contributed by atoms with E-state index in [1.807, 2.05) is 20.8 Å². The molecule has 8 aromatic rings. The van der Waals surface area contributed by atoms with E-state index in [9.17, 15) is 110 Å². The molecule has 4 heterocycles. The van der Waals surface area contributed by atoms with Gasteiger partial charge in [0.25, 0.3) is 0 Å². The van der Waals surface area contributed by atoms with Crippen LogP contribution in [0.15, 0.2) is 97.1 Å². The first kappa shape index (κ1) is 96.7. The van der Waals surface area contributed by atoms with Gasteiger partial charge < -0.3 is 56.8 Å². The van der Waals surface area contributed by atoms with Gasteiger partial charge in [-0.3, -0.25) is 0 Å². The van der Waals surface area contributed by atoms with Crippen molar-refractivity contribution in [2.24, 2.45) is 23.7 Å². The lowest BCUT2D eigenvalue weighted by atomic mass is 10.0. The summed E-state index contributed by atoms with van der Waals surface area (Å²) in [5.74, 6) is -28.6. The molecule has 12 rings (SSSR count). The molecule has 4 aliphatic rings. The summed E-state index contributed by atoms with van der Waals surface area (Å²) in [7, 11) is 0. The Bertz CT molecular complexity index is 4690. The normalized spacial score (nSPS) is 19.6. The maximum Gasteiger partial charge on any atom is 0.432 e. The minimum atomic E-state index is -4.65. The number of halogens is 25. The molecule has 0 aromatic heterocycles. The van der Waals surface area contributed by atoms with E-state index in [1.165, 1.54) is 0 Å². The van der Waals surface area contributed by atoms with Crippen molar-refractivity contribution in [1.29, 1.82) is 0 Å². The Balaban J connectivity index is 0.000000185. The predicted octanol–water partition coefficient (Wildman–Crippen LogP) is 25.2. The lowest BCUT2D eigenvalue weighted by Gasteiger charge is -2.30. The van der Waals surface area contributed by atoms with Gasteiger partial charge in [0.15, 0.2) is 42.6 Å². The third-order valence-corrected chi connectivity index (χ3v) is 19.5. The Morgan fingerprint density at radius 3 is 0.672 bits per heavy atom. The second kappa shape index (κ2) is 42.0. The van der Waals surface area contributed by atoms with E-state index < -0.39 is 210 Å². The summed E-state index contributed by atoms with van der Waals surface area (Å²) in [5.41, 5.74) is -8.51. The second-order valence-electron chi connectivity index (χ2n) is 28.9. The predicted molar refractivity (Wildman–Crippen MR) is 385 cm³/mol. The molecule has 0 saturated carbocycles. The van der Waals surface area contributed by atoms with Crippen molar-refractivity contribution >= 4 is 0 Å². The van der Waals surface area contributed by atoms with Crippen molar-refractivity contribution in [1.82, 2.24) is 0 Å². The minimum Gasteiger partial charge on any atom is -0.429 e. The smallest absolute Gasteiger partial charge is 0.429 e. The molecule has 12 nitrogen and oxygen atoms in total. The summed E-state index contributed by atoms with van der Waals surface area (Å²) in [5, 5.41) is 0. The molecule has 37 heteroatoms. The van der Waals surface area contributed by atoms with E-state index in [0.717, 1.165) is 85.0 Å². The van der Waals surface area contributed by atoms with Gasteiger partial charge in [-0.25, -0.2) is 74.6 Å². The van der Waals surface area contributed by atoms with Crippen LogP contribution in [0.3, 0.4) is 0 Å². The molecule has 0 radical (unpaired) electrons. The maximum atomic E-state index is 14.5. The Hall–Kier alpha value is -9.11. The Kier molecular flexibility index (Phi) is 33.3. The molecular formula is C85H81F25O12. The van der Waals surface area contributed by atoms with E-state index in [0.29, 0.717) is 125 Å². The van der Waals surface area contributed by atoms with Gasteiger partial charge in [-0.1, -0.05) is 66.2 Å². The van der Waals surface area contributed by atoms with Crippen molar-refractivity contribution in [3.8, 4) is 23.0 Å². The van der Waals surface area contributed by atoms with Gasteiger partial charge in [-0.05, 0) is 95.0 Å². The van der Waals surface area contributed by atoms with Crippen LogP contribution in [0.4, 0.5) is 110 Å². The average molecular weight is 1770 g/mol. The first-order chi connectivity index (χ1) is 57.5. The fourth-order valence-electron chi connectivity index (χ4n) is 12.7. The van der Waals surface area contributed by atoms with Gasteiger partial charge in [0.2, 0.25) is 0 Å². The monoisotopic (exact) mass is 1770 g/mol. The van der Waals surface area contributed by atoms with Crippen LogP contribution < -0.4 is 18.9 Å². The first-order valence-corrected chi connectivity index (χ1v) is 38.2. The summed E-state index contributed by atoms with van der Waals surface area (Å²) >= 11 is 0. The number of ether oxygens (including phenoxy) is 12. The number of hydrogen-bond acceptors (Lipinski definition) is 12. The van der Waals surface area contributed by atoms with Gasteiger partial charge in [0, 0.05) is 111 Å². The highest BCUT2D eigenvalue weighted by Gasteiger charge is 2.47. The Morgan fingerprint density at radius 2 is 0.459 bits per heavy atom. The quantitative estimate of drug-likeness (QED) is 0.0292. The molecule has 0 N–H and O–H groups in total. The molecule has 122 heavy (non-hydrogen) atoms. The topological polar surface area (TPSA) is 111 Å². The van der Waals surface area contributed by atoms with Crippen LogP contribution in [0.2, 0.25) is 0 Å². The van der Waals surface area contributed by atoms with Gasteiger partial charge in [0.05, 0.1) is 52.9 Å². The molecule has 0 bridgehead atoms. The highest BCUT2D eigenvalue weighted by atomic mass is 19.3. The molecule has 668 valence electrons. The number of alkyl halides is 8. The van der Waals surface area contributed by atoms with Crippen molar-refractivity contribution in [3.05, 3.63) is 257 Å². The lowest BCUT2D eigenvalue weighted by Crippen LogP contribution is -2.28. The summed E-state index contributed by atoms with van der Waals surface area (Å²) in [6.07, 6.45) is -13.2. The molecule has 0 unspecified atom stereocenters. The fraction of sp³-hybridized carbons (Fsp3) is 0.435. The molecule has 8 aromatic carbocycles. The first-order valence-electron chi connectivity index (χ1n) is 38.2. The summed E-state index contributed by atoms with van der Waals surface area (Å²) in [6.45, 7) is 13.8. The average Bonchev–Trinajstić information content (AvgIpc) is 0.790. The molecule has 0 aliphatic carbocycles. The van der Waals surface area contributed by atoms with Gasteiger partial charge in [0.1, 0.15) is 127 Å². The zero-order valence-electron chi connectivity index (χ0n) is 65.9. The molecule has 0 atom stereocenters. The van der Waals surface area contributed by atoms with E-state index >= 15 is 0 Å². The van der Waals surface area contributed by atoms with Crippen molar-refractivity contribution in [3.63, 3.8) is 0 Å². The van der Waals surface area contributed by atoms with E-state index in [4.69, 9.17) is 37.9 Å². The molecule has 4 fully saturated rings. The number of rotatable bonds is 26. The van der Waals surface area contributed by atoms with Gasteiger partial charge in [-0.2, -0.15) is 35.1 Å². The highest BCUT2D eigenvalue weighted by molar-refractivity contribution is 5.38. The highest BCUT2D eigenvalue weighted by Crippen LogP contribution is 2.45. The molecule has 4 saturated heterocycles. The van der Waals surface area contributed by atoms with Crippen LogP contribution in [0.25, 0.3) is 0 Å². The Labute approximate surface area is 683 Å². The number of unbranched alkanes of at least 4 members (excludes halogenated alkanes) is 3. The summed E-state index contributed by atoms with van der Waals surface area (Å²) in [6, 6.07) is 8.52. The van der Waals surface area contributed by atoms with E-state index in [2.05, 4.69) is 25.9 Å². The van der Waals surface area contributed by atoms with Crippen molar-refractivity contribution in [2.75, 3.05) is 52.9 Å². The standard InChI is InChI=1S/C23H24F6O3.C21H19F7O3.C21H20F6O3.C20H18F6O3/c1-3-4-5-6-14-11-30-22(31-12-14)15-7-19(26)21(20(27)8-15)23(28,29)32-16-9-17(24)13(2)18(25)10-16;1-2-3-4-11-9-29-20(30-10-11)12-5-14(22)18(15(23)6-12)21(27,28)31-13-7-16(24)19(26)17(25)8-13;1-3-4-12-9-28-20(29-10-12)13-5-17(24)19(18(25)6-13)21(26,27)30-14-7-15(22)11(2)16(23)8-14;1-3-11-8-27-19(28-9-11)12-4-16(23)18(17(24)5-12)20(25,26)29-13-6-14(21)10(2)15(22)7-13/h7-10,14,22H,3-6,11-12H2,1-2H3;5-8,11,20H,2-4,9-10H2,1H3;5-8,12,20H,3-4,9-10H2,1-2H3;4-7,11,19H,3,8-9H2,1-2H3. The van der Waals surface area contributed by atoms with Crippen LogP contribution in [0, 0.1) is 143 Å². The van der Waals surface area contributed by atoms with E-state index in [-0.39, 0.29) is 71.3 Å².